The van der Waals surface area contributed by atoms with Crippen LogP contribution in [-0.4, -0.2) is 48.5 Å². The van der Waals surface area contributed by atoms with Gasteiger partial charge in [-0.05, 0) is 43.5 Å². The number of ether oxygens (including phenoxy) is 2. The van der Waals surface area contributed by atoms with E-state index in [-0.39, 0.29) is 6.10 Å². The first-order chi connectivity index (χ1) is 19.5. The van der Waals surface area contributed by atoms with Crippen LogP contribution >= 0.6 is 11.6 Å². The summed E-state index contributed by atoms with van der Waals surface area (Å²) in [6.07, 6.45) is 14.4. The van der Waals surface area contributed by atoms with Gasteiger partial charge in [-0.3, -0.25) is 14.4 Å². The first-order valence-corrected chi connectivity index (χ1v) is 13.8. The average Bonchev–Trinajstić information content (AvgIpc) is 3.58. The molecule has 1 aromatic carbocycles. The number of halogens is 1. The molecule has 1 aliphatic carbocycles. The van der Waals surface area contributed by atoms with Crippen LogP contribution in [0.5, 0.6) is 11.6 Å². The summed E-state index contributed by atoms with van der Waals surface area (Å²) in [5.41, 5.74) is 8.58. The van der Waals surface area contributed by atoms with Crippen LogP contribution in [0.25, 0.3) is 11.1 Å². The molecule has 1 atom stereocenters. The molecule has 3 heterocycles. The second kappa shape index (κ2) is 12.8. The lowest BCUT2D eigenvalue weighted by molar-refractivity contribution is 0.231. The zero-order chi connectivity index (χ0) is 27.9. The van der Waals surface area contributed by atoms with E-state index in [4.69, 9.17) is 31.9 Å². The predicted molar refractivity (Wildman–Crippen MR) is 155 cm³/mol. The molecule has 0 bridgehead atoms. The fraction of sp³-hybridized carbons (Fsp3) is 0.393. The van der Waals surface area contributed by atoms with Gasteiger partial charge in [-0.1, -0.05) is 36.9 Å². The van der Waals surface area contributed by atoms with Crippen LogP contribution in [-0.2, 0) is 13.7 Å². The van der Waals surface area contributed by atoms with Gasteiger partial charge in [0.15, 0.2) is 0 Å². The summed E-state index contributed by atoms with van der Waals surface area (Å²) < 4.78 is 15.8. The molecule has 0 amide bonds. The molecular formula is C28H34ClN9O2. The molecule has 0 saturated heterocycles. The van der Waals surface area contributed by atoms with E-state index >= 15 is 0 Å². The highest BCUT2D eigenvalue weighted by Gasteiger charge is 2.20. The number of anilines is 2. The van der Waals surface area contributed by atoms with Crippen molar-refractivity contribution in [2.75, 3.05) is 11.9 Å². The Hall–Kier alpha value is -4.12. The maximum Gasteiger partial charge on any atom is 0.257 e. The lowest BCUT2D eigenvalue weighted by Gasteiger charge is -2.21. The van der Waals surface area contributed by atoms with Crippen molar-refractivity contribution in [3.8, 4) is 22.8 Å². The van der Waals surface area contributed by atoms with Gasteiger partial charge in [-0.15, -0.1) is 5.10 Å². The molecule has 0 unspecified atom stereocenters. The van der Waals surface area contributed by atoms with Crippen molar-refractivity contribution < 1.29 is 9.47 Å². The fourth-order valence-corrected chi connectivity index (χ4v) is 4.84. The Morgan fingerprint density at radius 2 is 1.95 bits per heavy atom. The molecule has 3 N–H and O–H groups in total. The predicted octanol–water partition coefficient (Wildman–Crippen LogP) is 5.31. The Morgan fingerprint density at radius 1 is 1.15 bits per heavy atom. The van der Waals surface area contributed by atoms with Crippen molar-refractivity contribution in [2.24, 2.45) is 17.8 Å². The number of benzene rings is 1. The van der Waals surface area contributed by atoms with Gasteiger partial charge in [0.25, 0.3) is 5.88 Å². The summed E-state index contributed by atoms with van der Waals surface area (Å²) in [6.45, 7) is 2.66. The monoisotopic (exact) mass is 563 g/mol. The maximum atomic E-state index is 6.36. The Kier molecular flexibility index (Phi) is 8.80. The smallest absolute Gasteiger partial charge is 0.257 e. The van der Waals surface area contributed by atoms with Crippen molar-refractivity contribution in [1.82, 2.24) is 29.5 Å². The number of nitrogens with one attached hydrogen (secondary N) is 1. The first-order valence-electron chi connectivity index (χ1n) is 13.4. The third kappa shape index (κ3) is 6.90. The van der Waals surface area contributed by atoms with Gasteiger partial charge in [0.05, 0.1) is 35.8 Å². The van der Waals surface area contributed by atoms with Crippen molar-refractivity contribution in [3.05, 3.63) is 59.8 Å². The average molecular weight is 564 g/mol. The molecule has 5 rings (SSSR count). The van der Waals surface area contributed by atoms with Crippen LogP contribution in [0, 0.1) is 0 Å². The van der Waals surface area contributed by atoms with Crippen molar-refractivity contribution in [2.45, 2.75) is 57.8 Å². The molecule has 4 aromatic rings. The summed E-state index contributed by atoms with van der Waals surface area (Å²) in [6, 6.07) is 7.85. The number of aryl methyl sites for hydroxylation is 1. The second-order valence-electron chi connectivity index (χ2n) is 9.90. The molecular weight excluding hydrogens is 530 g/mol. The number of nitrogens with zero attached hydrogens (tertiary/aromatic N) is 7. The van der Waals surface area contributed by atoms with Gasteiger partial charge in [0.1, 0.15) is 24.1 Å². The zero-order valence-electron chi connectivity index (χ0n) is 22.7. The van der Waals surface area contributed by atoms with E-state index in [0.717, 1.165) is 29.7 Å². The second-order valence-corrected chi connectivity index (χ2v) is 10.3. The van der Waals surface area contributed by atoms with Crippen LogP contribution < -0.4 is 20.5 Å². The van der Waals surface area contributed by atoms with E-state index in [2.05, 4.69) is 25.4 Å². The molecule has 210 valence electrons. The number of hydrogen-bond donors (Lipinski definition) is 2. The lowest BCUT2D eigenvalue weighted by Crippen LogP contribution is -2.16. The molecule has 0 radical (unpaired) electrons. The summed E-state index contributed by atoms with van der Waals surface area (Å²) in [5, 5.41) is 13.0. The molecule has 3 aromatic heterocycles. The standard InChI is InChI=1S/C28H34ClN9O2/c1-19(13-31-18-30)40-26-12-20(8-9-24(26)29)21-14-32-28(33-15-21)34-25-16-38(23-6-4-3-5-7-23)36-27(25)39-17-22-10-11-37(2)35-22/h8-12,14-16,18-19,23H,3-7,13,17H2,1-2H3,(H2,30,31)(H,32,33,34)/t19-/m0/s1. The van der Waals surface area contributed by atoms with E-state index in [1.165, 1.54) is 25.6 Å². The normalized spacial score (nSPS) is 14.9. The zero-order valence-corrected chi connectivity index (χ0v) is 23.5. The van der Waals surface area contributed by atoms with Gasteiger partial charge in [0, 0.05) is 31.2 Å². The third-order valence-corrected chi connectivity index (χ3v) is 7.04. The Morgan fingerprint density at radius 3 is 2.67 bits per heavy atom. The van der Waals surface area contributed by atoms with Crippen molar-refractivity contribution in [3.63, 3.8) is 0 Å². The number of hydrogen-bond acceptors (Lipinski definition) is 8. The highest BCUT2D eigenvalue weighted by Crippen LogP contribution is 2.34. The Bertz CT molecular complexity index is 1430. The van der Waals surface area contributed by atoms with Crippen molar-refractivity contribution >= 4 is 29.6 Å². The molecule has 0 spiro atoms. The summed E-state index contributed by atoms with van der Waals surface area (Å²) in [7, 11) is 1.88. The SMILES string of the molecule is C[C@@H](CN=CN)Oc1cc(-c2cnc(Nc3cn(C4CCCCC4)nc3OCc3ccn(C)n3)nc2)ccc1Cl. The molecule has 1 saturated carbocycles. The van der Waals surface area contributed by atoms with Crippen LogP contribution in [0.3, 0.4) is 0 Å². The number of aliphatic imine (C=N–C) groups is 1. The van der Waals surface area contributed by atoms with E-state index in [0.29, 0.717) is 47.5 Å². The molecule has 1 aliphatic rings. The molecule has 0 aliphatic heterocycles. The highest BCUT2D eigenvalue weighted by atomic mass is 35.5. The molecule has 11 nitrogen and oxygen atoms in total. The van der Waals surface area contributed by atoms with E-state index in [1.54, 1.807) is 23.1 Å². The molecule has 1 fully saturated rings. The topological polar surface area (TPSA) is 130 Å². The van der Waals surface area contributed by atoms with E-state index < -0.39 is 0 Å². The van der Waals surface area contributed by atoms with Gasteiger partial charge in [0.2, 0.25) is 5.95 Å². The Balaban J connectivity index is 1.32. The Labute approximate surface area is 238 Å². The lowest BCUT2D eigenvalue weighted by atomic mass is 9.96. The van der Waals surface area contributed by atoms with Gasteiger partial charge >= 0.3 is 0 Å². The quantitative estimate of drug-likeness (QED) is 0.185. The highest BCUT2D eigenvalue weighted by molar-refractivity contribution is 6.32. The maximum absolute atomic E-state index is 6.36. The van der Waals surface area contributed by atoms with Crippen LogP contribution in [0.4, 0.5) is 11.6 Å². The minimum atomic E-state index is -0.181. The molecule has 40 heavy (non-hydrogen) atoms. The van der Waals surface area contributed by atoms with Gasteiger partial charge < -0.3 is 20.5 Å². The summed E-state index contributed by atoms with van der Waals surface area (Å²) in [4.78, 5) is 13.1. The van der Waals surface area contributed by atoms with Gasteiger partial charge in [-0.2, -0.15) is 5.10 Å². The van der Waals surface area contributed by atoms with E-state index in [1.807, 2.05) is 49.2 Å². The largest absolute Gasteiger partial charge is 0.487 e. The third-order valence-electron chi connectivity index (χ3n) is 6.73. The minimum absolute atomic E-state index is 0.181. The van der Waals surface area contributed by atoms with E-state index in [9.17, 15) is 0 Å². The summed E-state index contributed by atoms with van der Waals surface area (Å²) >= 11 is 6.36. The van der Waals surface area contributed by atoms with Gasteiger partial charge in [-0.25, -0.2) is 9.97 Å². The van der Waals surface area contributed by atoms with Crippen LogP contribution in [0.1, 0.15) is 50.8 Å². The molecule has 12 heteroatoms. The van der Waals surface area contributed by atoms with Crippen LogP contribution in [0.15, 0.2) is 54.0 Å². The number of aromatic nitrogens is 6. The fourth-order valence-electron chi connectivity index (χ4n) is 4.68. The number of rotatable bonds is 11. The number of nitrogens with two attached hydrogens (primary N) is 1. The first kappa shape index (κ1) is 27.4. The summed E-state index contributed by atoms with van der Waals surface area (Å²) in [5.74, 6) is 1.50. The van der Waals surface area contributed by atoms with Crippen LogP contribution in [0.2, 0.25) is 5.02 Å². The minimum Gasteiger partial charge on any atom is -0.487 e. The van der Waals surface area contributed by atoms with Crippen molar-refractivity contribution in [1.29, 1.82) is 0 Å².